The first-order valence-corrected chi connectivity index (χ1v) is 4.64. The summed E-state index contributed by atoms with van der Waals surface area (Å²) in [6.07, 6.45) is 0.987. The molecule has 0 radical (unpaired) electrons. The third-order valence-corrected chi connectivity index (χ3v) is 2.77. The average molecular weight is 185 g/mol. The van der Waals surface area contributed by atoms with Gasteiger partial charge in [-0.1, -0.05) is 0 Å². The zero-order valence-electron chi connectivity index (χ0n) is 7.55. The molecule has 2 aliphatic rings. The van der Waals surface area contributed by atoms with Crippen LogP contribution in [-0.4, -0.2) is 54.4 Å². The van der Waals surface area contributed by atoms with Gasteiger partial charge in [-0.3, -0.25) is 0 Å². The van der Waals surface area contributed by atoms with Gasteiger partial charge in [0, 0.05) is 19.6 Å². The third kappa shape index (κ3) is 1.49. The van der Waals surface area contributed by atoms with Crippen molar-refractivity contribution in [3.8, 4) is 0 Å². The summed E-state index contributed by atoms with van der Waals surface area (Å²) in [7, 11) is 0. The molecule has 13 heavy (non-hydrogen) atoms. The van der Waals surface area contributed by atoms with Crippen LogP contribution in [0.5, 0.6) is 0 Å². The van der Waals surface area contributed by atoms with Gasteiger partial charge in [-0.25, -0.2) is 4.79 Å². The van der Waals surface area contributed by atoms with Gasteiger partial charge in [0.15, 0.2) is 0 Å². The van der Waals surface area contributed by atoms with Gasteiger partial charge in [-0.2, -0.15) is 0 Å². The smallest absolute Gasteiger partial charge is 0.318 e. The van der Waals surface area contributed by atoms with Crippen LogP contribution in [0.1, 0.15) is 6.42 Å². The van der Waals surface area contributed by atoms with E-state index >= 15 is 0 Å². The Labute approximate surface area is 77.1 Å². The van der Waals surface area contributed by atoms with E-state index in [4.69, 9.17) is 5.11 Å². The van der Waals surface area contributed by atoms with Gasteiger partial charge >= 0.3 is 6.03 Å². The summed E-state index contributed by atoms with van der Waals surface area (Å²) in [5, 5.41) is 15.0. The van der Waals surface area contributed by atoms with Crippen molar-refractivity contribution >= 4 is 6.03 Å². The van der Waals surface area contributed by atoms with E-state index in [-0.39, 0.29) is 18.2 Å². The number of β-amino-alcohol motifs (C(OH)–C–C–N with tert-alkyl or cyclic N) is 1. The normalized spacial score (nSPS) is 33.0. The highest BCUT2D eigenvalue weighted by molar-refractivity contribution is 5.78. The van der Waals surface area contributed by atoms with Crippen molar-refractivity contribution in [2.45, 2.75) is 12.0 Å². The Morgan fingerprint density at radius 2 is 2.46 bits per heavy atom. The number of aliphatic hydroxyl groups is 1. The molecule has 1 atom stereocenters. The highest BCUT2D eigenvalue weighted by atomic mass is 16.3. The molecule has 2 saturated heterocycles. The zero-order chi connectivity index (χ0) is 9.31. The first-order valence-electron chi connectivity index (χ1n) is 4.64. The molecule has 0 aliphatic carbocycles. The molecule has 2 amide bonds. The van der Waals surface area contributed by atoms with E-state index < -0.39 is 0 Å². The standard InChI is InChI=1S/C8H15N3O2/c12-4-3-11-6-8(10-7(11)13)1-2-9-5-8/h9,12H,1-6H2,(H,10,13). The summed E-state index contributed by atoms with van der Waals surface area (Å²) in [5.74, 6) is 0. The van der Waals surface area contributed by atoms with Crippen molar-refractivity contribution in [2.24, 2.45) is 0 Å². The van der Waals surface area contributed by atoms with Gasteiger partial charge in [-0.15, -0.1) is 0 Å². The van der Waals surface area contributed by atoms with Crippen molar-refractivity contribution in [1.29, 1.82) is 0 Å². The largest absolute Gasteiger partial charge is 0.395 e. The predicted molar refractivity (Wildman–Crippen MR) is 47.4 cm³/mol. The van der Waals surface area contributed by atoms with Gasteiger partial charge in [0.2, 0.25) is 0 Å². The van der Waals surface area contributed by atoms with Crippen molar-refractivity contribution < 1.29 is 9.90 Å². The molecule has 0 aromatic rings. The molecule has 2 fully saturated rings. The van der Waals surface area contributed by atoms with E-state index in [1.54, 1.807) is 4.90 Å². The minimum absolute atomic E-state index is 0.0386. The maximum absolute atomic E-state index is 11.4. The molecule has 1 unspecified atom stereocenters. The minimum atomic E-state index is -0.0632. The maximum atomic E-state index is 11.4. The average Bonchev–Trinajstić information content (AvgIpc) is 2.63. The quantitative estimate of drug-likeness (QED) is 0.503. The molecule has 3 N–H and O–H groups in total. The molecular formula is C8H15N3O2. The van der Waals surface area contributed by atoms with E-state index in [1.165, 1.54) is 0 Å². The Bertz CT molecular complexity index is 213. The Kier molecular flexibility index (Phi) is 2.13. The predicted octanol–water partition coefficient (Wildman–Crippen LogP) is -1.26. The fourth-order valence-corrected chi connectivity index (χ4v) is 2.07. The molecular weight excluding hydrogens is 170 g/mol. The number of carbonyl (C=O) groups excluding carboxylic acids is 1. The second kappa shape index (κ2) is 3.16. The SMILES string of the molecule is O=C1NC2(CCNC2)CN1CCO. The van der Waals surface area contributed by atoms with Crippen LogP contribution in [0.3, 0.4) is 0 Å². The Hall–Kier alpha value is -0.810. The topological polar surface area (TPSA) is 64.6 Å². The number of nitrogens with one attached hydrogen (secondary N) is 2. The van der Waals surface area contributed by atoms with Crippen LogP contribution < -0.4 is 10.6 Å². The lowest BCUT2D eigenvalue weighted by Crippen LogP contribution is -2.45. The van der Waals surface area contributed by atoms with E-state index in [0.717, 1.165) is 26.1 Å². The number of hydrogen-bond acceptors (Lipinski definition) is 3. The van der Waals surface area contributed by atoms with Crippen LogP contribution in [0, 0.1) is 0 Å². The van der Waals surface area contributed by atoms with Crippen LogP contribution in [0.25, 0.3) is 0 Å². The molecule has 0 aromatic heterocycles. The van der Waals surface area contributed by atoms with Crippen molar-refractivity contribution in [3.05, 3.63) is 0 Å². The van der Waals surface area contributed by atoms with Gasteiger partial charge in [0.25, 0.3) is 0 Å². The number of carbonyl (C=O) groups is 1. The number of aliphatic hydroxyl groups excluding tert-OH is 1. The molecule has 5 nitrogen and oxygen atoms in total. The Balaban J connectivity index is 2.01. The molecule has 2 rings (SSSR count). The molecule has 0 saturated carbocycles. The van der Waals surface area contributed by atoms with Gasteiger partial charge < -0.3 is 20.6 Å². The van der Waals surface area contributed by atoms with E-state index in [1.807, 2.05) is 0 Å². The first-order chi connectivity index (χ1) is 6.26. The van der Waals surface area contributed by atoms with E-state index in [9.17, 15) is 4.79 Å². The van der Waals surface area contributed by atoms with E-state index in [2.05, 4.69) is 10.6 Å². The Morgan fingerprint density at radius 1 is 1.62 bits per heavy atom. The lowest BCUT2D eigenvalue weighted by atomic mass is 10.0. The third-order valence-electron chi connectivity index (χ3n) is 2.77. The molecule has 1 spiro atoms. The molecule has 5 heteroatoms. The number of nitrogens with zero attached hydrogens (tertiary/aromatic N) is 1. The summed E-state index contributed by atoms with van der Waals surface area (Å²) in [4.78, 5) is 13.1. The van der Waals surface area contributed by atoms with Crippen LogP contribution in [0.4, 0.5) is 4.79 Å². The lowest BCUT2D eigenvalue weighted by molar-refractivity contribution is 0.195. The fraction of sp³-hybridized carbons (Fsp3) is 0.875. The van der Waals surface area contributed by atoms with Crippen molar-refractivity contribution in [2.75, 3.05) is 32.8 Å². The number of amides is 2. The second-order valence-electron chi connectivity index (χ2n) is 3.78. The first kappa shape index (κ1) is 8.77. The molecule has 2 heterocycles. The zero-order valence-corrected chi connectivity index (χ0v) is 7.55. The summed E-state index contributed by atoms with van der Waals surface area (Å²) >= 11 is 0. The molecule has 0 bridgehead atoms. The van der Waals surface area contributed by atoms with Gasteiger partial charge in [0.1, 0.15) is 0 Å². The Morgan fingerprint density at radius 3 is 3.08 bits per heavy atom. The summed E-state index contributed by atoms with van der Waals surface area (Å²) < 4.78 is 0. The van der Waals surface area contributed by atoms with Gasteiger partial charge in [0.05, 0.1) is 12.1 Å². The molecule has 2 aliphatic heterocycles. The van der Waals surface area contributed by atoms with Crippen molar-refractivity contribution in [3.63, 3.8) is 0 Å². The summed E-state index contributed by atoms with van der Waals surface area (Å²) in [6, 6.07) is -0.0437. The maximum Gasteiger partial charge on any atom is 0.318 e. The second-order valence-corrected chi connectivity index (χ2v) is 3.78. The van der Waals surface area contributed by atoms with E-state index in [0.29, 0.717) is 6.54 Å². The van der Waals surface area contributed by atoms with Crippen LogP contribution in [0.2, 0.25) is 0 Å². The monoisotopic (exact) mass is 185 g/mol. The van der Waals surface area contributed by atoms with Crippen molar-refractivity contribution in [1.82, 2.24) is 15.5 Å². The molecule has 0 aromatic carbocycles. The molecule has 74 valence electrons. The summed E-state index contributed by atoms with van der Waals surface area (Å²) in [6.45, 7) is 3.01. The lowest BCUT2D eigenvalue weighted by Gasteiger charge is -2.20. The van der Waals surface area contributed by atoms with Crippen LogP contribution in [0.15, 0.2) is 0 Å². The highest BCUT2D eigenvalue weighted by Gasteiger charge is 2.43. The number of urea groups is 1. The number of rotatable bonds is 2. The van der Waals surface area contributed by atoms with Gasteiger partial charge in [-0.05, 0) is 13.0 Å². The minimum Gasteiger partial charge on any atom is -0.395 e. The van der Waals surface area contributed by atoms with Crippen LogP contribution >= 0.6 is 0 Å². The van der Waals surface area contributed by atoms with Crippen LogP contribution in [-0.2, 0) is 0 Å². The summed E-state index contributed by atoms with van der Waals surface area (Å²) in [5.41, 5.74) is -0.0632. The fourth-order valence-electron chi connectivity index (χ4n) is 2.07. The number of hydrogen-bond donors (Lipinski definition) is 3. The highest BCUT2D eigenvalue weighted by Crippen LogP contribution is 2.21.